The molecule has 2 saturated carbocycles. The molecular weight excluding hydrogens is 320 g/mol. The van der Waals surface area contributed by atoms with Gasteiger partial charge in [0.25, 0.3) is 0 Å². The van der Waals surface area contributed by atoms with Crippen LogP contribution in [-0.4, -0.2) is 50.6 Å². The van der Waals surface area contributed by atoms with Gasteiger partial charge in [0.15, 0.2) is 5.78 Å². The van der Waals surface area contributed by atoms with E-state index in [2.05, 4.69) is 13.8 Å². The zero-order valence-corrected chi connectivity index (χ0v) is 15.2. The van der Waals surface area contributed by atoms with Crippen molar-refractivity contribution in [2.45, 2.75) is 51.9 Å². The lowest BCUT2D eigenvalue weighted by molar-refractivity contribution is -0.190. The van der Waals surface area contributed by atoms with Crippen LogP contribution >= 0.6 is 0 Å². The molecule has 4 aliphatic carbocycles. The summed E-state index contributed by atoms with van der Waals surface area (Å²) in [7, 11) is 0. The topological polar surface area (TPSA) is 98.0 Å². The molecule has 1 spiro atoms. The van der Waals surface area contributed by atoms with Crippen molar-refractivity contribution in [2.24, 2.45) is 34.5 Å². The molecule has 0 aromatic rings. The van der Waals surface area contributed by atoms with E-state index in [0.29, 0.717) is 11.5 Å². The van der Waals surface area contributed by atoms with Crippen LogP contribution in [0.4, 0.5) is 0 Å². The molecule has 3 unspecified atom stereocenters. The summed E-state index contributed by atoms with van der Waals surface area (Å²) >= 11 is 0. The van der Waals surface area contributed by atoms with Gasteiger partial charge in [0, 0.05) is 5.92 Å². The minimum absolute atomic E-state index is 0.0245. The summed E-state index contributed by atoms with van der Waals surface area (Å²) in [4.78, 5) is 13.7. The van der Waals surface area contributed by atoms with Crippen molar-refractivity contribution in [3.8, 4) is 0 Å². The van der Waals surface area contributed by atoms with E-state index in [1.807, 2.05) is 6.92 Å². The fraction of sp³-hybridized carbons (Fsp3) is 0.750. The molecule has 4 aliphatic rings. The average Bonchev–Trinajstić information content (AvgIpc) is 3.05. The zero-order chi connectivity index (χ0) is 18.5. The maximum absolute atomic E-state index is 13.7. The van der Waals surface area contributed by atoms with Crippen LogP contribution in [-0.2, 0) is 4.79 Å². The molecule has 0 radical (unpaired) electrons. The third kappa shape index (κ3) is 1.71. The molecule has 5 heteroatoms. The Balaban J connectivity index is 1.99. The molecule has 25 heavy (non-hydrogen) atoms. The van der Waals surface area contributed by atoms with E-state index in [9.17, 15) is 25.2 Å². The summed E-state index contributed by atoms with van der Waals surface area (Å²) in [5, 5.41) is 43.0. The lowest BCUT2D eigenvalue weighted by Crippen LogP contribution is -2.65. The Morgan fingerprint density at radius 2 is 1.88 bits per heavy atom. The molecule has 0 aliphatic heterocycles. The van der Waals surface area contributed by atoms with Gasteiger partial charge < -0.3 is 20.4 Å². The molecule has 0 aromatic heterocycles. The van der Waals surface area contributed by atoms with Gasteiger partial charge in [-0.2, -0.15) is 0 Å². The van der Waals surface area contributed by atoms with E-state index in [1.54, 1.807) is 19.1 Å². The van der Waals surface area contributed by atoms with Gasteiger partial charge in [-0.25, -0.2) is 0 Å². The van der Waals surface area contributed by atoms with Crippen molar-refractivity contribution in [2.75, 3.05) is 6.61 Å². The first kappa shape index (κ1) is 17.4. The molecule has 0 amide bonds. The Morgan fingerprint density at radius 1 is 1.24 bits per heavy atom. The maximum Gasteiger partial charge on any atom is 0.153 e. The number of ketones is 1. The summed E-state index contributed by atoms with van der Waals surface area (Å²) in [5.41, 5.74) is -2.58. The van der Waals surface area contributed by atoms with Gasteiger partial charge in [-0.05, 0) is 47.7 Å². The Hall–Kier alpha value is -1.01. The van der Waals surface area contributed by atoms with Crippen molar-refractivity contribution in [1.29, 1.82) is 0 Å². The fourth-order valence-electron chi connectivity index (χ4n) is 6.43. The number of hydrogen-bond donors (Lipinski definition) is 4. The first-order chi connectivity index (χ1) is 11.5. The standard InChI is InChI=1S/C20H28O5/c1-9-7-19-10(2)5-13-14(18(13,3)4)12(17(19)24)6-11(8-21)16(23)20(19,25)15(9)22/h6-7,10,12-16,21-23,25H,5,8H2,1-4H3/t10-,12+,13?,14?,15+,16-,19?,20-/m1/s1. The van der Waals surface area contributed by atoms with Crippen LogP contribution in [0.2, 0.25) is 0 Å². The van der Waals surface area contributed by atoms with Gasteiger partial charge in [0.2, 0.25) is 0 Å². The van der Waals surface area contributed by atoms with Crippen LogP contribution in [0.1, 0.15) is 34.1 Å². The highest BCUT2D eigenvalue weighted by Gasteiger charge is 2.75. The number of hydrogen-bond acceptors (Lipinski definition) is 5. The molecular formula is C20H28O5. The molecule has 0 heterocycles. The van der Waals surface area contributed by atoms with E-state index < -0.39 is 35.7 Å². The van der Waals surface area contributed by atoms with Crippen LogP contribution in [0, 0.1) is 34.5 Å². The first-order valence-corrected chi connectivity index (χ1v) is 9.18. The molecule has 4 rings (SSSR count). The second kappa shape index (κ2) is 4.83. The molecule has 8 atom stereocenters. The summed E-state index contributed by atoms with van der Waals surface area (Å²) in [6, 6.07) is 0. The predicted octanol–water partition coefficient (Wildman–Crippen LogP) is 0.815. The molecule has 2 fully saturated rings. The highest BCUT2D eigenvalue weighted by atomic mass is 16.4. The third-order valence-electron chi connectivity index (χ3n) is 7.93. The zero-order valence-electron chi connectivity index (χ0n) is 15.2. The maximum atomic E-state index is 13.7. The minimum Gasteiger partial charge on any atom is -0.392 e. The van der Waals surface area contributed by atoms with Crippen LogP contribution in [0.5, 0.6) is 0 Å². The number of aliphatic hydroxyl groups excluding tert-OH is 3. The smallest absolute Gasteiger partial charge is 0.153 e. The Morgan fingerprint density at radius 3 is 2.48 bits per heavy atom. The van der Waals surface area contributed by atoms with Gasteiger partial charge in [0.1, 0.15) is 17.8 Å². The number of allylic oxidation sites excluding steroid dienone is 1. The average molecular weight is 348 g/mol. The fourth-order valence-corrected chi connectivity index (χ4v) is 6.43. The minimum atomic E-state index is -2.03. The molecule has 5 nitrogen and oxygen atoms in total. The number of carbonyl (C=O) groups excluding carboxylic acids is 1. The van der Waals surface area contributed by atoms with Gasteiger partial charge in [-0.3, -0.25) is 4.79 Å². The van der Waals surface area contributed by atoms with Crippen LogP contribution in [0.15, 0.2) is 23.3 Å². The normalized spacial score (nSPS) is 53.2. The van der Waals surface area contributed by atoms with Crippen molar-refractivity contribution in [3.05, 3.63) is 23.3 Å². The quantitative estimate of drug-likeness (QED) is 0.526. The van der Waals surface area contributed by atoms with Crippen LogP contribution in [0.3, 0.4) is 0 Å². The summed E-state index contributed by atoms with van der Waals surface area (Å²) < 4.78 is 0. The second-order valence-corrected chi connectivity index (χ2v) is 9.27. The Bertz CT molecular complexity index is 707. The van der Waals surface area contributed by atoms with Gasteiger partial charge in [-0.15, -0.1) is 0 Å². The number of fused-ring (bicyclic) bond motifs is 3. The van der Waals surface area contributed by atoms with E-state index in [0.717, 1.165) is 6.42 Å². The second-order valence-electron chi connectivity index (χ2n) is 9.27. The number of rotatable bonds is 1. The van der Waals surface area contributed by atoms with Crippen LogP contribution in [0.25, 0.3) is 0 Å². The number of Topliss-reactive ketones (excluding diaryl/α,β-unsaturated/α-hetero) is 1. The van der Waals surface area contributed by atoms with Crippen LogP contribution < -0.4 is 0 Å². The lowest BCUT2D eigenvalue weighted by Gasteiger charge is -2.48. The lowest BCUT2D eigenvalue weighted by atomic mass is 9.59. The van der Waals surface area contributed by atoms with Gasteiger partial charge in [-0.1, -0.05) is 32.9 Å². The van der Waals surface area contributed by atoms with Crippen molar-refractivity contribution in [3.63, 3.8) is 0 Å². The summed E-state index contributed by atoms with van der Waals surface area (Å²) in [5.74, 6) is -0.288. The van der Waals surface area contributed by atoms with E-state index in [-0.39, 0.29) is 28.6 Å². The SMILES string of the molecule is CC1=CC23C(=O)[C@@H](C=C(CO)[C@@H](O)[C@]2(O)[C@H]1O)C1C(C[C@H]3C)C1(C)C. The molecule has 0 saturated heterocycles. The highest BCUT2D eigenvalue weighted by Crippen LogP contribution is 2.71. The number of carbonyl (C=O) groups is 1. The van der Waals surface area contributed by atoms with Crippen molar-refractivity contribution in [1.82, 2.24) is 0 Å². The first-order valence-electron chi connectivity index (χ1n) is 9.18. The molecule has 138 valence electrons. The molecule has 4 N–H and O–H groups in total. The monoisotopic (exact) mass is 348 g/mol. The molecule has 2 bridgehead atoms. The largest absolute Gasteiger partial charge is 0.392 e. The highest BCUT2D eigenvalue weighted by molar-refractivity contribution is 5.95. The number of aliphatic hydroxyl groups is 4. The van der Waals surface area contributed by atoms with Crippen molar-refractivity contribution < 1.29 is 25.2 Å². The predicted molar refractivity (Wildman–Crippen MR) is 91.4 cm³/mol. The third-order valence-corrected chi connectivity index (χ3v) is 7.93. The van der Waals surface area contributed by atoms with E-state index >= 15 is 0 Å². The summed E-state index contributed by atoms with van der Waals surface area (Å²) in [6.45, 7) is 7.50. The Labute approximate surface area is 148 Å². The Kier molecular flexibility index (Phi) is 3.36. The van der Waals surface area contributed by atoms with E-state index in [4.69, 9.17) is 0 Å². The van der Waals surface area contributed by atoms with Gasteiger partial charge >= 0.3 is 0 Å². The van der Waals surface area contributed by atoms with Crippen molar-refractivity contribution >= 4 is 5.78 Å². The van der Waals surface area contributed by atoms with Gasteiger partial charge in [0.05, 0.1) is 12.0 Å². The van der Waals surface area contributed by atoms with E-state index in [1.165, 1.54) is 0 Å². The molecule has 0 aromatic carbocycles. The summed E-state index contributed by atoms with van der Waals surface area (Å²) in [6.07, 6.45) is 1.34.